The molecule has 0 aliphatic carbocycles. The molecule has 1 aliphatic rings. The molecule has 1 aliphatic heterocycles. The molecule has 80 valence electrons. The van der Waals surface area contributed by atoms with Gasteiger partial charge in [0.25, 0.3) is 11.8 Å². The van der Waals surface area contributed by atoms with E-state index in [9.17, 15) is 9.59 Å². The van der Waals surface area contributed by atoms with Gasteiger partial charge in [-0.1, -0.05) is 6.58 Å². The maximum absolute atomic E-state index is 11.4. The highest BCUT2D eigenvalue weighted by atomic mass is 16.5. The van der Waals surface area contributed by atoms with E-state index in [4.69, 9.17) is 4.74 Å². The zero-order chi connectivity index (χ0) is 11.5. The second kappa shape index (κ2) is 4.02. The van der Waals surface area contributed by atoms with Crippen molar-refractivity contribution in [3.05, 3.63) is 49.3 Å². The summed E-state index contributed by atoms with van der Waals surface area (Å²) in [7, 11) is 0. The van der Waals surface area contributed by atoms with Gasteiger partial charge in [0, 0.05) is 12.2 Å². The smallest absolute Gasteiger partial charge is 0.258 e. The highest BCUT2D eigenvalue weighted by Crippen LogP contribution is 2.22. The summed E-state index contributed by atoms with van der Waals surface area (Å²) in [6, 6.07) is 6.61. The average Bonchev–Trinajstić information content (AvgIpc) is 2.61. The van der Waals surface area contributed by atoms with Crippen LogP contribution in [0, 0.1) is 0 Å². The predicted octanol–water partition coefficient (Wildman–Crippen LogP) is 1.64. The third kappa shape index (κ3) is 1.72. The van der Waals surface area contributed by atoms with E-state index >= 15 is 0 Å². The van der Waals surface area contributed by atoms with Crippen LogP contribution in [0.1, 0.15) is 0 Å². The molecule has 0 saturated carbocycles. The van der Waals surface area contributed by atoms with Crippen LogP contribution in [0.5, 0.6) is 5.75 Å². The van der Waals surface area contributed by atoms with Crippen LogP contribution in [0.25, 0.3) is 0 Å². The Kier molecular flexibility index (Phi) is 2.55. The molecule has 0 aromatic heterocycles. The summed E-state index contributed by atoms with van der Waals surface area (Å²) in [4.78, 5) is 23.8. The molecule has 2 amide bonds. The van der Waals surface area contributed by atoms with Gasteiger partial charge >= 0.3 is 0 Å². The maximum Gasteiger partial charge on any atom is 0.258 e. The van der Waals surface area contributed by atoms with Crippen LogP contribution in [-0.2, 0) is 9.59 Å². The highest BCUT2D eigenvalue weighted by Gasteiger charge is 2.24. The molecular weight excluding hydrogens is 206 g/mol. The SMILES string of the molecule is C=COc1ccc(N2C(=O)C=CC2=O)cc1. The Labute approximate surface area is 92.4 Å². The van der Waals surface area contributed by atoms with Gasteiger partial charge in [0.2, 0.25) is 0 Å². The van der Waals surface area contributed by atoms with Crippen molar-refractivity contribution in [3.63, 3.8) is 0 Å². The van der Waals surface area contributed by atoms with Crippen LogP contribution < -0.4 is 9.64 Å². The minimum atomic E-state index is -0.331. The molecule has 16 heavy (non-hydrogen) atoms. The largest absolute Gasteiger partial charge is 0.466 e. The maximum atomic E-state index is 11.4. The van der Waals surface area contributed by atoms with Gasteiger partial charge in [0.05, 0.1) is 11.9 Å². The van der Waals surface area contributed by atoms with Crippen molar-refractivity contribution >= 4 is 17.5 Å². The summed E-state index contributed by atoms with van der Waals surface area (Å²) in [5.41, 5.74) is 0.524. The first-order chi connectivity index (χ1) is 7.72. The zero-order valence-corrected chi connectivity index (χ0v) is 8.42. The number of carbonyl (C=O) groups is 2. The molecule has 0 spiro atoms. The molecule has 0 atom stereocenters. The minimum Gasteiger partial charge on any atom is -0.466 e. The summed E-state index contributed by atoms with van der Waals surface area (Å²) in [5, 5.41) is 0. The van der Waals surface area contributed by atoms with Crippen molar-refractivity contribution in [2.75, 3.05) is 4.90 Å². The number of anilines is 1. The van der Waals surface area contributed by atoms with Crippen LogP contribution in [0.3, 0.4) is 0 Å². The second-order valence-electron chi connectivity index (χ2n) is 3.12. The number of rotatable bonds is 3. The summed E-state index contributed by atoms with van der Waals surface area (Å²) in [6.07, 6.45) is 3.80. The van der Waals surface area contributed by atoms with Gasteiger partial charge < -0.3 is 4.74 Å². The van der Waals surface area contributed by atoms with Crippen molar-refractivity contribution in [2.45, 2.75) is 0 Å². The van der Waals surface area contributed by atoms with Gasteiger partial charge in [-0.3, -0.25) is 9.59 Å². The van der Waals surface area contributed by atoms with Crippen LogP contribution in [0.2, 0.25) is 0 Å². The Morgan fingerprint density at radius 1 is 1.06 bits per heavy atom. The first-order valence-electron chi connectivity index (χ1n) is 4.66. The number of carbonyl (C=O) groups excluding carboxylic acids is 2. The third-order valence-electron chi connectivity index (χ3n) is 2.12. The molecule has 4 heteroatoms. The quantitative estimate of drug-likeness (QED) is 0.568. The molecule has 0 radical (unpaired) electrons. The molecule has 0 fully saturated rings. The Morgan fingerprint density at radius 3 is 2.12 bits per heavy atom. The van der Waals surface area contributed by atoms with Crippen molar-refractivity contribution < 1.29 is 14.3 Å². The summed E-state index contributed by atoms with van der Waals surface area (Å²) in [5.74, 6) is -0.0596. The number of hydrogen-bond donors (Lipinski definition) is 0. The highest BCUT2D eigenvalue weighted by molar-refractivity contribution is 6.28. The standard InChI is InChI=1S/C12H9NO3/c1-2-16-10-5-3-9(4-6-10)13-11(14)7-8-12(13)15/h2-8H,1H2. The molecule has 2 rings (SSSR count). The van der Waals surface area contributed by atoms with E-state index in [2.05, 4.69) is 6.58 Å². The second-order valence-corrected chi connectivity index (χ2v) is 3.12. The van der Waals surface area contributed by atoms with Crippen LogP contribution in [0.15, 0.2) is 49.3 Å². The van der Waals surface area contributed by atoms with Crippen molar-refractivity contribution in [1.82, 2.24) is 0 Å². The molecule has 1 aromatic rings. The van der Waals surface area contributed by atoms with E-state index in [-0.39, 0.29) is 11.8 Å². The average molecular weight is 215 g/mol. The van der Waals surface area contributed by atoms with Crippen LogP contribution >= 0.6 is 0 Å². The van der Waals surface area contributed by atoms with Crippen molar-refractivity contribution in [1.29, 1.82) is 0 Å². The number of benzene rings is 1. The van der Waals surface area contributed by atoms with E-state index in [0.717, 1.165) is 4.90 Å². The normalized spacial score (nSPS) is 14.4. The van der Waals surface area contributed by atoms with Crippen LogP contribution in [0.4, 0.5) is 5.69 Å². The summed E-state index contributed by atoms with van der Waals surface area (Å²) < 4.78 is 5.04. The Morgan fingerprint density at radius 2 is 1.62 bits per heavy atom. The van der Waals surface area contributed by atoms with E-state index in [0.29, 0.717) is 11.4 Å². The van der Waals surface area contributed by atoms with Gasteiger partial charge in [-0.15, -0.1) is 0 Å². The molecular formula is C12H9NO3. The molecule has 0 saturated heterocycles. The van der Waals surface area contributed by atoms with Crippen molar-refractivity contribution in [3.8, 4) is 5.75 Å². The molecule has 1 heterocycles. The van der Waals surface area contributed by atoms with E-state index in [1.54, 1.807) is 24.3 Å². The molecule has 0 N–H and O–H groups in total. The van der Waals surface area contributed by atoms with E-state index in [1.807, 2.05) is 0 Å². The predicted molar refractivity (Wildman–Crippen MR) is 58.9 cm³/mol. The fourth-order valence-corrected chi connectivity index (χ4v) is 1.42. The van der Waals surface area contributed by atoms with Gasteiger partial charge in [0.15, 0.2) is 0 Å². The van der Waals surface area contributed by atoms with Crippen molar-refractivity contribution in [2.24, 2.45) is 0 Å². The first kappa shape index (κ1) is 10.2. The van der Waals surface area contributed by atoms with Gasteiger partial charge in [-0.05, 0) is 24.3 Å². The summed E-state index contributed by atoms with van der Waals surface area (Å²) in [6.45, 7) is 3.43. The number of ether oxygens (including phenoxy) is 1. The van der Waals surface area contributed by atoms with Crippen LogP contribution in [-0.4, -0.2) is 11.8 Å². The lowest BCUT2D eigenvalue weighted by Gasteiger charge is -2.13. The monoisotopic (exact) mass is 215 g/mol. The third-order valence-corrected chi connectivity index (χ3v) is 2.12. The number of imide groups is 1. The lowest BCUT2D eigenvalue weighted by atomic mass is 10.3. The fourth-order valence-electron chi connectivity index (χ4n) is 1.42. The van der Waals surface area contributed by atoms with Gasteiger partial charge in [0.1, 0.15) is 5.75 Å². The topological polar surface area (TPSA) is 46.6 Å². The lowest BCUT2D eigenvalue weighted by Crippen LogP contribution is -2.29. The Hall–Kier alpha value is -2.36. The Bertz CT molecular complexity index is 456. The van der Waals surface area contributed by atoms with Gasteiger partial charge in [-0.2, -0.15) is 0 Å². The van der Waals surface area contributed by atoms with E-state index < -0.39 is 0 Å². The zero-order valence-electron chi connectivity index (χ0n) is 8.42. The lowest BCUT2D eigenvalue weighted by molar-refractivity contribution is -0.119. The number of amides is 2. The number of nitrogens with zero attached hydrogens (tertiary/aromatic N) is 1. The molecule has 1 aromatic carbocycles. The fraction of sp³-hybridized carbons (Fsp3) is 0. The molecule has 0 unspecified atom stereocenters. The van der Waals surface area contributed by atoms with E-state index in [1.165, 1.54) is 18.4 Å². The minimum absolute atomic E-state index is 0.331. The van der Waals surface area contributed by atoms with Gasteiger partial charge in [-0.25, -0.2) is 4.90 Å². The molecule has 4 nitrogen and oxygen atoms in total. The summed E-state index contributed by atoms with van der Waals surface area (Å²) >= 11 is 0. The first-order valence-corrected chi connectivity index (χ1v) is 4.66. The Balaban J connectivity index is 2.25. The molecule has 0 bridgehead atoms. The number of hydrogen-bond acceptors (Lipinski definition) is 3.